The van der Waals surface area contributed by atoms with Gasteiger partial charge in [-0.3, -0.25) is 4.79 Å². The number of carbonyl (C=O) groups excluding carboxylic acids is 1. The molecule has 0 aliphatic rings. The van der Waals surface area contributed by atoms with Crippen LogP contribution in [0.5, 0.6) is 5.75 Å². The molecule has 0 aliphatic carbocycles. The van der Waals surface area contributed by atoms with Gasteiger partial charge in [-0.05, 0) is 30.3 Å². The Morgan fingerprint density at radius 2 is 1.89 bits per heavy atom. The molecule has 0 atom stereocenters. The van der Waals surface area contributed by atoms with Crippen molar-refractivity contribution < 1.29 is 9.53 Å². The number of ketones is 1. The molecule has 0 spiro atoms. The number of ether oxygens (including phenoxy) is 1. The Morgan fingerprint density at radius 3 is 2.44 bits per heavy atom. The lowest BCUT2D eigenvalue weighted by atomic mass is 10.1. The van der Waals surface area contributed by atoms with Gasteiger partial charge in [0.05, 0.1) is 17.2 Å². The van der Waals surface area contributed by atoms with E-state index in [9.17, 15) is 4.79 Å². The van der Waals surface area contributed by atoms with Crippen LogP contribution in [0.2, 0.25) is 10.0 Å². The average molecular weight is 282 g/mol. The summed E-state index contributed by atoms with van der Waals surface area (Å²) < 4.78 is 5.02. The fourth-order valence-corrected chi connectivity index (χ4v) is 1.93. The van der Waals surface area contributed by atoms with Gasteiger partial charge < -0.3 is 4.74 Å². The molecular weight excluding hydrogens is 273 g/mol. The molecule has 0 radical (unpaired) electrons. The molecule has 18 heavy (non-hydrogen) atoms. The zero-order valence-electron chi connectivity index (χ0n) is 9.48. The summed E-state index contributed by atoms with van der Waals surface area (Å²) in [6.07, 6.45) is 1.39. The highest BCUT2D eigenvalue weighted by Crippen LogP contribution is 2.22. The van der Waals surface area contributed by atoms with Crippen molar-refractivity contribution in [1.82, 2.24) is 4.98 Å². The van der Waals surface area contributed by atoms with E-state index in [1.54, 1.807) is 31.4 Å². The maximum absolute atomic E-state index is 12.1. The number of aromatic nitrogens is 1. The number of methoxy groups -OCH3 is 1. The molecular formula is C13H9Cl2NO2. The summed E-state index contributed by atoms with van der Waals surface area (Å²) in [4.78, 5) is 16.1. The van der Waals surface area contributed by atoms with Gasteiger partial charge in [-0.25, -0.2) is 4.98 Å². The second kappa shape index (κ2) is 5.38. The third-order valence-corrected chi connectivity index (χ3v) is 2.87. The third-order valence-electron chi connectivity index (χ3n) is 2.38. The van der Waals surface area contributed by atoms with Crippen LogP contribution in [-0.4, -0.2) is 17.9 Å². The van der Waals surface area contributed by atoms with E-state index in [1.807, 2.05) is 0 Å². The highest BCUT2D eigenvalue weighted by atomic mass is 35.5. The van der Waals surface area contributed by atoms with E-state index < -0.39 is 0 Å². The maximum Gasteiger partial charge on any atom is 0.212 e. The van der Waals surface area contributed by atoms with Crippen molar-refractivity contribution in [1.29, 1.82) is 0 Å². The number of hydrogen-bond donors (Lipinski definition) is 0. The Kier molecular flexibility index (Phi) is 3.84. The van der Waals surface area contributed by atoms with Gasteiger partial charge in [0.1, 0.15) is 11.4 Å². The van der Waals surface area contributed by atoms with Crippen LogP contribution in [0.4, 0.5) is 0 Å². The van der Waals surface area contributed by atoms with Crippen LogP contribution in [0, 0.1) is 0 Å². The monoisotopic (exact) mass is 281 g/mol. The summed E-state index contributed by atoms with van der Waals surface area (Å²) in [7, 11) is 1.56. The number of rotatable bonds is 3. The Labute approximate surface area is 114 Å². The summed E-state index contributed by atoms with van der Waals surface area (Å²) in [5.74, 6) is 0.432. The first-order chi connectivity index (χ1) is 8.61. The molecule has 1 heterocycles. The van der Waals surface area contributed by atoms with Crippen molar-refractivity contribution in [2.75, 3.05) is 7.11 Å². The molecule has 92 valence electrons. The smallest absolute Gasteiger partial charge is 0.212 e. The lowest BCUT2D eigenvalue weighted by Crippen LogP contribution is -2.04. The zero-order valence-corrected chi connectivity index (χ0v) is 11.0. The normalized spacial score (nSPS) is 10.2. The zero-order chi connectivity index (χ0) is 13.1. The number of halogens is 2. The minimum atomic E-state index is -0.251. The van der Waals surface area contributed by atoms with Crippen LogP contribution in [0.15, 0.2) is 36.5 Å². The van der Waals surface area contributed by atoms with E-state index in [-0.39, 0.29) is 16.5 Å². The summed E-state index contributed by atoms with van der Waals surface area (Å²) in [5.41, 5.74) is 0.679. The van der Waals surface area contributed by atoms with Crippen molar-refractivity contribution in [2.45, 2.75) is 0 Å². The topological polar surface area (TPSA) is 39.2 Å². The van der Waals surface area contributed by atoms with Gasteiger partial charge in [-0.1, -0.05) is 23.2 Å². The largest absolute Gasteiger partial charge is 0.497 e. The van der Waals surface area contributed by atoms with E-state index in [2.05, 4.69) is 4.98 Å². The molecule has 2 rings (SSSR count). The number of nitrogens with zero attached hydrogens (tertiary/aromatic N) is 1. The molecule has 2 aromatic rings. The molecule has 0 unspecified atom stereocenters. The predicted molar refractivity (Wildman–Crippen MR) is 70.7 cm³/mol. The number of pyridine rings is 1. The molecule has 5 heteroatoms. The first-order valence-corrected chi connectivity index (χ1v) is 5.87. The molecule has 0 amide bonds. The highest BCUT2D eigenvalue weighted by Gasteiger charge is 2.14. The predicted octanol–water partition coefficient (Wildman–Crippen LogP) is 3.63. The molecule has 1 aromatic carbocycles. The summed E-state index contributed by atoms with van der Waals surface area (Å²) >= 11 is 11.7. The summed E-state index contributed by atoms with van der Waals surface area (Å²) in [5, 5.41) is 0.634. The minimum absolute atomic E-state index is 0.186. The molecule has 1 aromatic heterocycles. The SMILES string of the molecule is COc1ccc(C(=O)c2ncc(Cl)cc2Cl)cc1. The van der Waals surface area contributed by atoms with E-state index in [1.165, 1.54) is 12.3 Å². The van der Waals surface area contributed by atoms with Crippen molar-refractivity contribution in [3.05, 3.63) is 57.8 Å². The quantitative estimate of drug-likeness (QED) is 0.807. The first-order valence-electron chi connectivity index (χ1n) is 5.11. The van der Waals surface area contributed by atoms with Crippen molar-refractivity contribution in [3.63, 3.8) is 0 Å². The van der Waals surface area contributed by atoms with Crippen LogP contribution in [-0.2, 0) is 0 Å². The van der Waals surface area contributed by atoms with Crippen LogP contribution in [0.25, 0.3) is 0 Å². The number of hydrogen-bond acceptors (Lipinski definition) is 3. The van der Waals surface area contributed by atoms with Gasteiger partial charge in [0.2, 0.25) is 5.78 Å². The third kappa shape index (κ3) is 2.63. The number of carbonyl (C=O) groups is 1. The second-order valence-electron chi connectivity index (χ2n) is 3.54. The lowest BCUT2D eigenvalue weighted by Gasteiger charge is -2.04. The minimum Gasteiger partial charge on any atom is -0.497 e. The van der Waals surface area contributed by atoms with Gasteiger partial charge in [-0.2, -0.15) is 0 Å². The van der Waals surface area contributed by atoms with Crippen LogP contribution in [0.1, 0.15) is 16.1 Å². The standard InChI is InChI=1S/C13H9Cl2NO2/c1-18-10-4-2-8(3-5-10)13(17)12-11(15)6-9(14)7-16-12/h2-7H,1H3. The maximum atomic E-state index is 12.1. The highest BCUT2D eigenvalue weighted by molar-refractivity contribution is 6.37. The first kappa shape index (κ1) is 12.9. The van der Waals surface area contributed by atoms with Gasteiger partial charge >= 0.3 is 0 Å². The molecule has 0 N–H and O–H groups in total. The van der Waals surface area contributed by atoms with E-state index in [4.69, 9.17) is 27.9 Å². The van der Waals surface area contributed by atoms with Crippen molar-refractivity contribution in [3.8, 4) is 5.75 Å². The van der Waals surface area contributed by atoms with E-state index in [0.717, 1.165) is 0 Å². The molecule has 0 fully saturated rings. The van der Waals surface area contributed by atoms with Gasteiger partial charge in [0.25, 0.3) is 0 Å². The molecule has 0 aliphatic heterocycles. The average Bonchev–Trinajstić information content (AvgIpc) is 2.38. The van der Waals surface area contributed by atoms with Crippen LogP contribution >= 0.6 is 23.2 Å². The van der Waals surface area contributed by atoms with E-state index >= 15 is 0 Å². The van der Waals surface area contributed by atoms with Crippen molar-refractivity contribution >= 4 is 29.0 Å². The Balaban J connectivity index is 2.35. The van der Waals surface area contributed by atoms with Gasteiger partial charge in [0.15, 0.2) is 0 Å². The van der Waals surface area contributed by atoms with E-state index in [0.29, 0.717) is 16.3 Å². The van der Waals surface area contributed by atoms with Crippen LogP contribution in [0.3, 0.4) is 0 Å². The summed E-state index contributed by atoms with van der Waals surface area (Å²) in [6, 6.07) is 8.22. The number of benzene rings is 1. The Hall–Kier alpha value is -1.58. The molecule has 0 saturated heterocycles. The fraction of sp³-hybridized carbons (Fsp3) is 0.0769. The van der Waals surface area contributed by atoms with Gasteiger partial charge in [-0.15, -0.1) is 0 Å². The summed E-state index contributed by atoms with van der Waals surface area (Å²) in [6.45, 7) is 0. The lowest BCUT2D eigenvalue weighted by molar-refractivity contribution is 0.103. The van der Waals surface area contributed by atoms with Crippen molar-refractivity contribution in [2.24, 2.45) is 0 Å². The Morgan fingerprint density at radius 1 is 1.22 bits per heavy atom. The molecule has 3 nitrogen and oxygen atoms in total. The fourth-order valence-electron chi connectivity index (χ4n) is 1.46. The Bertz CT molecular complexity index is 582. The van der Waals surface area contributed by atoms with Gasteiger partial charge in [0, 0.05) is 11.8 Å². The molecule has 0 bridgehead atoms. The van der Waals surface area contributed by atoms with Crippen LogP contribution < -0.4 is 4.74 Å². The second-order valence-corrected chi connectivity index (χ2v) is 4.39. The molecule has 0 saturated carbocycles.